The second-order valence-corrected chi connectivity index (χ2v) is 6.55. The SMILES string of the molecule is Cc1nc(Nc2ncnc(NCCCn3ccnc3)c2N)sc1C. The van der Waals surface area contributed by atoms with Gasteiger partial charge in [-0.15, -0.1) is 11.3 Å². The van der Waals surface area contributed by atoms with Gasteiger partial charge in [0.15, 0.2) is 16.8 Å². The monoisotopic (exact) mass is 344 g/mol. The molecule has 0 radical (unpaired) electrons. The summed E-state index contributed by atoms with van der Waals surface area (Å²) < 4.78 is 2.03. The maximum absolute atomic E-state index is 6.16. The summed E-state index contributed by atoms with van der Waals surface area (Å²) >= 11 is 1.58. The number of aryl methyl sites for hydroxylation is 3. The number of rotatable bonds is 7. The normalized spacial score (nSPS) is 10.8. The lowest BCUT2D eigenvalue weighted by Crippen LogP contribution is -2.10. The first-order chi connectivity index (χ1) is 11.6. The highest BCUT2D eigenvalue weighted by Crippen LogP contribution is 2.29. The summed E-state index contributed by atoms with van der Waals surface area (Å²) in [7, 11) is 0. The maximum Gasteiger partial charge on any atom is 0.188 e. The van der Waals surface area contributed by atoms with E-state index in [2.05, 4.69) is 30.6 Å². The molecule has 4 N–H and O–H groups in total. The van der Waals surface area contributed by atoms with Crippen LogP contribution in [0.4, 0.5) is 22.5 Å². The number of nitrogens with one attached hydrogen (secondary N) is 2. The number of hydrogen-bond donors (Lipinski definition) is 3. The summed E-state index contributed by atoms with van der Waals surface area (Å²) in [5.41, 5.74) is 7.66. The molecule has 3 heterocycles. The minimum absolute atomic E-state index is 0.491. The van der Waals surface area contributed by atoms with Crippen LogP contribution in [-0.4, -0.2) is 31.0 Å². The minimum Gasteiger partial charge on any atom is -0.393 e. The van der Waals surface area contributed by atoms with Crippen LogP contribution in [0.5, 0.6) is 0 Å². The number of nitrogens with zero attached hydrogens (tertiary/aromatic N) is 5. The maximum atomic E-state index is 6.16. The molecule has 0 bridgehead atoms. The van der Waals surface area contributed by atoms with Gasteiger partial charge in [0.2, 0.25) is 0 Å². The van der Waals surface area contributed by atoms with Crippen molar-refractivity contribution in [3.8, 4) is 0 Å². The van der Waals surface area contributed by atoms with Gasteiger partial charge in [-0.2, -0.15) is 0 Å². The Morgan fingerprint density at radius 3 is 2.79 bits per heavy atom. The fourth-order valence-corrected chi connectivity index (χ4v) is 2.96. The third-order valence-corrected chi connectivity index (χ3v) is 4.57. The van der Waals surface area contributed by atoms with Crippen LogP contribution in [0.15, 0.2) is 25.0 Å². The molecule has 0 aliphatic rings. The van der Waals surface area contributed by atoms with Crippen LogP contribution >= 0.6 is 11.3 Å². The summed E-state index contributed by atoms with van der Waals surface area (Å²) in [6.07, 6.45) is 7.95. The van der Waals surface area contributed by atoms with Gasteiger partial charge < -0.3 is 20.9 Å². The molecule has 9 heteroatoms. The van der Waals surface area contributed by atoms with Gasteiger partial charge in [0.1, 0.15) is 12.0 Å². The number of nitrogens with two attached hydrogens (primary N) is 1. The van der Waals surface area contributed by atoms with Gasteiger partial charge in [0.05, 0.1) is 12.0 Å². The molecule has 0 saturated carbocycles. The van der Waals surface area contributed by atoms with Crippen LogP contribution in [0.1, 0.15) is 17.0 Å². The lowest BCUT2D eigenvalue weighted by atomic mass is 10.4. The third kappa shape index (κ3) is 3.80. The molecule has 0 aliphatic carbocycles. The molecule has 24 heavy (non-hydrogen) atoms. The highest BCUT2D eigenvalue weighted by atomic mass is 32.1. The molecule has 0 fully saturated rings. The van der Waals surface area contributed by atoms with Crippen molar-refractivity contribution in [2.45, 2.75) is 26.8 Å². The van der Waals surface area contributed by atoms with Crippen molar-refractivity contribution >= 4 is 33.8 Å². The molecule has 0 spiro atoms. The van der Waals surface area contributed by atoms with Crippen molar-refractivity contribution in [3.63, 3.8) is 0 Å². The number of nitrogen functional groups attached to an aromatic ring is 1. The first kappa shape index (κ1) is 16.2. The molecule has 0 unspecified atom stereocenters. The van der Waals surface area contributed by atoms with E-state index in [9.17, 15) is 0 Å². The Balaban J connectivity index is 1.60. The van der Waals surface area contributed by atoms with E-state index >= 15 is 0 Å². The van der Waals surface area contributed by atoms with Gasteiger partial charge in [-0.1, -0.05) is 0 Å². The zero-order chi connectivity index (χ0) is 16.9. The Hall–Kier alpha value is -2.68. The quantitative estimate of drug-likeness (QED) is 0.565. The Labute approximate surface area is 144 Å². The summed E-state index contributed by atoms with van der Waals surface area (Å²) in [5, 5.41) is 7.20. The largest absolute Gasteiger partial charge is 0.393 e. The zero-order valence-electron chi connectivity index (χ0n) is 13.7. The van der Waals surface area contributed by atoms with Gasteiger partial charge in [0.25, 0.3) is 0 Å². The Kier molecular flexibility index (Phi) is 4.90. The first-order valence-electron chi connectivity index (χ1n) is 7.64. The predicted molar refractivity (Wildman–Crippen MR) is 96.6 cm³/mol. The number of aromatic nitrogens is 5. The van der Waals surface area contributed by atoms with E-state index in [-0.39, 0.29) is 0 Å². The fraction of sp³-hybridized carbons (Fsp3) is 0.333. The van der Waals surface area contributed by atoms with Crippen LogP contribution in [0.2, 0.25) is 0 Å². The molecule has 0 aromatic carbocycles. The van der Waals surface area contributed by atoms with Crippen molar-refractivity contribution in [1.29, 1.82) is 0 Å². The summed E-state index contributed by atoms with van der Waals surface area (Å²) in [6, 6.07) is 0. The van der Waals surface area contributed by atoms with Crippen LogP contribution in [0, 0.1) is 13.8 Å². The topological polar surface area (TPSA) is 107 Å². The Morgan fingerprint density at radius 2 is 2.08 bits per heavy atom. The fourth-order valence-electron chi connectivity index (χ4n) is 2.15. The van der Waals surface area contributed by atoms with Crippen LogP contribution in [-0.2, 0) is 6.54 Å². The van der Waals surface area contributed by atoms with Crippen LogP contribution in [0.25, 0.3) is 0 Å². The van der Waals surface area contributed by atoms with Gasteiger partial charge in [-0.3, -0.25) is 0 Å². The molecule has 0 saturated heterocycles. The summed E-state index contributed by atoms with van der Waals surface area (Å²) in [4.78, 5) is 18.1. The van der Waals surface area contributed by atoms with E-state index in [1.165, 1.54) is 11.2 Å². The molecular weight excluding hydrogens is 324 g/mol. The lowest BCUT2D eigenvalue weighted by molar-refractivity contribution is 0.660. The molecule has 8 nitrogen and oxygen atoms in total. The highest BCUT2D eigenvalue weighted by Gasteiger charge is 2.10. The van der Waals surface area contributed by atoms with Gasteiger partial charge in [0, 0.05) is 30.4 Å². The van der Waals surface area contributed by atoms with Crippen molar-refractivity contribution in [1.82, 2.24) is 24.5 Å². The molecule has 126 valence electrons. The van der Waals surface area contributed by atoms with E-state index in [0.29, 0.717) is 17.3 Å². The molecule has 3 aromatic rings. The van der Waals surface area contributed by atoms with E-state index in [1.54, 1.807) is 23.9 Å². The molecular formula is C15H20N8S. The predicted octanol–water partition coefficient (Wildman–Crippen LogP) is 2.57. The van der Waals surface area contributed by atoms with Gasteiger partial charge in [-0.05, 0) is 20.3 Å². The molecule has 0 amide bonds. The number of thiazole rings is 1. The van der Waals surface area contributed by atoms with Crippen LogP contribution in [0.3, 0.4) is 0 Å². The number of hydrogen-bond acceptors (Lipinski definition) is 8. The number of anilines is 4. The number of imidazole rings is 1. The Morgan fingerprint density at radius 1 is 1.25 bits per heavy atom. The van der Waals surface area contributed by atoms with Gasteiger partial charge >= 0.3 is 0 Å². The first-order valence-corrected chi connectivity index (χ1v) is 8.46. The second kappa shape index (κ2) is 7.26. The average Bonchev–Trinajstić information content (AvgIpc) is 3.18. The van der Waals surface area contributed by atoms with Crippen LogP contribution < -0.4 is 16.4 Å². The minimum atomic E-state index is 0.491. The average molecular weight is 344 g/mol. The molecule has 3 aromatic heterocycles. The lowest BCUT2D eigenvalue weighted by Gasteiger charge is -2.11. The van der Waals surface area contributed by atoms with E-state index in [4.69, 9.17) is 5.73 Å². The van der Waals surface area contributed by atoms with Crippen molar-refractivity contribution < 1.29 is 0 Å². The Bertz CT molecular complexity index is 776. The summed E-state index contributed by atoms with van der Waals surface area (Å²) in [5.74, 6) is 1.19. The van der Waals surface area contributed by atoms with Crippen molar-refractivity contribution in [3.05, 3.63) is 35.6 Å². The molecule has 0 atom stereocenters. The highest BCUT2D eigenvalue weighted by molar-refractivity contribution is 7.15. The van der Waals surface area contributed by atoms with Gasteiger partial charge in [-0.25, -0.2) is 19.9 Å². The van der Waals surface area contributed by atoms with E-state index < -0.39 is 0 Å². The van der Waals surface area contributed by atoms with Crippen molar-refractivity contribution in [2.24, 2.45) is 0 Å². The summed E-state index contributed by atoms with van der Waals surface area (Å²) in [6.45, 7) is 5.66. The molecule has 0 aliphatic heterocycles. The smallest absolute Gasteiger partial charge is 0.188 e. The third-order valence-electron chi connectivity index (χ3n) is 3.58. The molecule has 3 rings (SSSR count). The van der Waals surface area contributed by atoms with E-state index in [1.807, 2.05) is 24.6 Å². The van der Waals surface area contributed by atoms with Crippen molar-refractivity contribution in [2.75, 3.05) is 22.9 Å². The van der Waals surface area contributed by atoms with E-state index in [0.717, 1.165) is 30.3 Å². The standard InChI is InChI=1S/C15H20N8S/c1-10-11(2)24-15(21-10)22-14-12(16)13(19-8-20-14)18-4-3-6-23-7-5-17-9-23/h5,7-9H,3-4,6,16H2,1-2H3,(H2,18,19,20,21,22). The second-order valence-electron chi connectivity index (χ2n) is 5.35. The zero-order valence-corrected chi connectivity index (χ0v) is 14.5.